The van der Waals surface area contributed by atoms with Crippen LogP contribution in [0.4, 0.5) is 23.2 Å². The Balaban J connectivity index is 1.85. The Hall–Kier alpha value is -3.30. The van der Waals surface area contributed by atoms with Gasteiger partial charge in [-0.15, -0.1) is 0 Å². The van der Waals surface area contributed by atoms with E-state index in [2.05, 4.69) is 20.9 Å². The number of hydrogen-bond acceptors (Lipinski definition) is 3. The lowest BCUT2D eigenvalue weighted by molar-refractivity contribution is -0.138. The average molecular weight is 426 g/mol. The van der Waals surface area contributed by atoms with Gasteiger partial charge in [-0.05, 0) is 29.8 Å². The fourth-order valence-electron chi connectivity index (χ4n) is 2.57. The number of rotatable bonds is 7. The quantitative estimate of drug-likeness (QED) is 0.274. The molecule has 6 nitrogen and oxygen atoms in total. The number of amides is 1. The maximum absolute atomic E-state index is 13.2. The predicted octanol–water partition coefficient (Wildman–Crippen LogP) is 3.55. The van der Waals surface area contributed by atoms with Crippen molar-refractivity contribution in [2.45, 2.75) is 19.6 Å². The Labute approximate surface area is 171 Å². The second-order valence-electron chi connectivity index (χ2n) is 6.21. The zero-order valence-corrected chi connectivity index (χ0v) is 16.4. The third-order valence-electron chi connectivity index (χ3n) is 3.86. The lowest BCUT2D eigenvalue weighted by Gasteiger charge is -2.16. The Morgan fingerprint density at radius 2 is 1.90 bits per heavy atom. The van der Waals surface area contributed by atoms with Crippen molar-refractivity contribution in [1.29, 1.82) is 0 Å². The van der Waals surface area contributed by atoms with Crippen LogP contribution in [0.15, 0.2) is 47.5 Å². The minimum Gasteiger partial charge on any atom is -0.492 e. The van der Waals surface area contributed by atoms with Gasteiger partial charge in [0, 0.05) is 32.3 Å². The molecule has 162 valence electrons. The summed E-state index contributed by atoms with van der Waals surface area (Å²) in [4.78, 5) is 15.0. The van der Waals surface area contributed by atoms with E-state index in [1.54, 1.807) is 24.3 Å². The number of alkyl halides is 3. The molecular weight excluding hydrogens is 404 g/mol. The van der Waals surface area contributed by atoms with E-state index >= 15 is 0 Å². The topological polar surface area (TPSA) is 74.8 Å². The van der Waals surface area contributed by atoms with Crippen molar-refractivity contribution in [3.05, 3.63) is 59.4 Å². The number of carbonyl (C=O) groups is 1. The molecule has 0 aromatic heterocycles. The SMILES string of the molecule is CN=C(NCCOc1cccc(NC(C)=O)c1)NCc1ccc(F)cc1C(F)(F)F. The van der Waals surface area contributed by atoms with E-state index in [4.69, 9.17) is 4.74 Å². The van der Waals surface area contributed by atoms with Crippen LogP contribution in [0.1, 0.15) is 18.1 Å². The molecule has 0 saturated carbocycles. The maximum Gasteiger partial charge on any atom is 0.416 e. The molecule has 0 fully saturated rings. The Kier molecular flexibility index (Phi) is 8.02. The van der Waals surface area contributed by atoms with Crippen molar-refractivity contribution in [3.63, 3.8) is 0 Å². The summed E-state index contributed by atoms with van der Waals surface area (Å²) < 4.78 is 57.9. The fourth-order valence-corrected chi connectivity index (χ4v) is 2.57. The molecule has 0 atom stereocenters. The van der Waals surface area contributed by atoms with Gasteiger partial charge in [0.05, 0.1) is 12.1 Å². The number of ether oxygens (including phenoxy) is 1. The molecule has 0 aliphatic carbocycles. The van der Waals surface area contributed by atoms with Crippen LogP contribution in [0, 0.1) is 5.82 Å². The number of guanidine groups is 1. The summed E-state index contributed by atoms with van der Waals surface area (Å²) in [5, 5.41) is 8.32. The lowest BCUT2D eigenvalue weighted by Crippen LogP contribution is -2.39. The smallest absolute Gasteiger partial charge is 0.416 e. The van der Waals surface area contributed by atoms with Crippen molar-refractivity contribution in [2.75, 3.05) is 25.5 Å². The molecule has 0 bridgehead atoms. The number of nitrogens with zero attached hydrogens (tertiary/aromatic N) is 1. The van der Waals surface area contributed by atoms with Gasteiger partial charge in [0.25, 0.3) is 0 Å². The van der Waals surface area contributed by atoms with E-state index in [0.717, 1.165) is 12.1 Å². The highest BCUT2D eigenvalue weighted by molar-refractivity contribution is 5.88. The average Bonchev–Trinajstić information content (AvgIpc) is 2.67. The van der Waals surface area contributed by atoms with E-state index < -0.39 is 17.6 Å². The number of benzene rings is 2. The van der Waals surface area contributed by atoms with Crippen LogP contribution in [0.5, 0.6) is 5.75 Å². The van der Waals surface area contributed by atoms with E-state index in [0.29, 0.717) is 24.0 Å². The van der Waals surface area contributed by atoms with Crippen LogP contribution >= 0.6 is 0 Å². The molecule has 2 rings (SSSR count). The molecule has 0 saturated heterocycles. The van der Waals surface area contributed by atoms with Crippen LogP contribution in [0.25, 0.3) is 0 Å². The van der Waals surface area contributed by atoms with Gasteiger partial charge in [0.1, 0.15) is 18.2 Å². The van der Waals surface area contributed by atoms with Crippen LogP contribution in [0.3, 0.4) is 0 Å². The first kappa shape index (κ1) is 23.0. The fraction of sp³-hybridized carbons (Fsp3) is 0.300. The van der Waals surface area contributed by atoms with Crippen LogP contribution in [-0.4, -0.2) is 32.1 Å². The molecule has 0 spiro atoms. The summed E-state index contributed by atoms with van der Waals surface area (Å²) in [6, 6.07) is 9.39. The van der Waals surface area contributed by atoms with Gasteiger partial charge in [-0.1, -0.05) is 12.1 Å². The zero-order valence-electron chi connectivity index (χ0n) is 16.4. The summed E-state index contributed by atoms with van der Waals surface area (Å²) in [6.07, 6.45) is -4.66. The van der Waals surface area contributed by atoms with Crippen LogP contribution < -0.4 is 20.7 Å². The number of anilines is 1. The minimum atomic E-state index is -4.66. The lowest BCUT2D eigenvalue weighted by atomic mass is 10.1. The molecule has 1 amide bonds. The first-order valence-electron chi connectivity index (χ1n) is 8.99. The second kappa shape index (κ2) is 10.5. The van der Waals surface area contributed by atoms with Crippen molar-refractivity contribution >= 4 is 17.6 Å². The number of hydrogen-bond donors (Lipinski definition) is 3. The zero-order chi connectivity index (χ0) is 22.1. The van der Waals surface area contributed by atoms with Gasteiger partial charge in [-0.25, -0.2) is 4.39 Å². The molecule has 3 N–H and O–H groups in total. The molecule has 0 radical (unpaired) electrons. The summed E-state index contributed by atoms with van der Waals surface area (Å²) in [5.74, 6) is -0.331. The van der Waals surface area contributed by atoms with Crippen molar-refractivity contribution in [1.82, 2.24) is 10.6 Å². The van der Waals surface area contributed by atoms with Crippen LogP contribution in [-0.2, 0) is 17.5 Å². The summed E-state index contributed by atoms with van der Waals surface area (Å²) in [7, 11) is 1.47. The highest BCUT2D eigenvalue weighted by Crippen LogP contribution is 2.32. The maximum atomic E-state index is 13.2. The molecule has 0 heterocycles. The largest absolute Gasteiger partial charge is 0.492 e. The van der Waals surface area contributed by atoms with Gasteiger partial charge in [-0.2, -0.15) is 13.2 Å². The Morgan fingerprint density at radius 1 is 1.13 bits per heavy atom. The monoisotopic (exact) mass is 426 g/mol. The standard InChI is InChI=1S/C20H22F4N4O2/c1-13(29)28-16-4-3-5-17(11-16)30-9-8-26-19(25-2)27-12-14-6-7-15(21)10-18(14)20(22,23)24/h3-7,10-11H,8-9,12H2,1-2H3,(H,28,29)(H2,25,26,27). The van der Waals surface area contributed by atoms with Crippen molar-refractivity contribution in [3.8, 4) is 5.75 Å². The number of carbonyl (C=O) groups excluding carboxylic acids is 1. The number of nitrogens with one attached hydrogen (secondary N) is 3. The molecule has 2 aromatic carbocycles. The molecular formula is C20H22F4N4O2. The van der Waals surface area contributed by atoms with E-state index in [-0.39, 0.29) is 30.6 Å². The van der Waals surface area contributed by atoms with Gasteiger partial charge < -0.3 is 20.7 Å². The van der Waals surface area contributed by atoms with Gasteiger partial charge in [-0.3, -0.25) is 9.79 Å². The molecule has 0 aliphatic rings. The highest BCUT2D eigenvalue weighted by atomic mass is 19.4. The number of halogens is 4. The predicted molar refractivity (Wildman–Crippen MR) is 106 cm³/mol. The van der Waals surface area contributed by atoms with Gasteiger partial charge in [0.15, 0.2) is 5.96 Å². The second-order valence-corrected chi connectivity index (χ2v) is 6.21. The molecule has 0 unspecified atom stereocenters. The minimum absolute atomic E-state index is 0.0992. The molecule has 0 aliphatic heterocycles. The van der Waals surface area contributed by atoms with Crippen molar-refractivity contribution in [2.24, 2.45) is 4.99 Å². The Morgan fingerprint density at radius 3 is 2.57 bits per heavy atom. The van der Waals surface area contributed by atoms with Gasteiger partial charge >= 0.3 is 6.18 Å². The summed E-state index contributed by atoms with van der Waals surface area (Å²) in [6.45, 7) is 1.78. The first-order valence-corrected chi connectivity index (χ1v) is 8.99. The highest BCUT2D eigenvalue weighted by Gasteiger charge is 2.33. The number of aliphatic imine (C=N–C) groups is 1. The molecule has 2 aromatic rings. The normalized spacial score (nSPS) is 11.7. The molecule has 30 heavy (non-hydrogen) atoms. The molecule has 10 heteroatoms. The third kappa shape index (κ3) is 7.26. The van der Waals surface area contributed by atoms with E-state index in [1.807, 2.05) is 0 Å². The summed E-state index contributed by atoms with van der Waals surface area (Å²) in [5.41, 5.74) is -0.532. The van der Waals surface area contributed by atoms with E-state index in [1.165, 1.54) is 14.0 Å². The van der Waals surface area contributed by atoms with Crippen molar-refractivity contribution < 1.29 is 27.1 Å². The third-order valence-corrected chi connectivity index (χ3v) is 3.86. The first-order chi connectivity index (χ1) is 14.2. The summed E-state index contributed by atoms with van der Waals surface area (Å²) >= 11 is 0. The van der Waals surface area contributed by atoms with E-state index in [9.17, 15) is 22.4 Å². The Bertz CT molecular complexity index is 901. The van der Waals surface area contributed by atoms with Gasteiger partial charge in [0.2, 0.25) is 5.91 Å². The van der Waals surface area contributed by atoms with Crippen LogP contribution in [0.2, 0.25) is 0 Å².